The summed E-state index contributed by atoms with van der Waals surface area (Å²) in [7, 11) is 0. The summed E-state index contributed by atoms with van der Waals surface area (Å²) in [6, 6.07) is 9.31. The van der Waals surface area contributed by atoms with Crippen LogP contribution in [0.5, 0.6) is 0 Å². The van der Waals surface area contributed by atoms with Gasteiger partial charge in [0.05, 0.1) is 6.61 Å². The smallest absolute Gasteiger partial charge is 0.449 e. The third-order valence-electron chi connectivity index (χ3n) is 3.47. The molecule has 1 fully saturated rings. The van der Waals surface area contributed by atoms with Gasteiger partial charge in [-0.2, -0.15) is 0 Å². The normalized spacial score (nSPS) is 25.8. The average molecular weight is 298 g/mol. The fourth-order valence-electron chi connectivity index (χ4n) is 2.41. The number of ether oxygens (including phenoxy) is 1. The van der Waals surface area contributed by atoms with Crippen LogP contribution in [0.15, 0.2) is 30.3 Å². The summed E-state index contributed by atoms with van der Waals surface area (Å²) in [5.74, 6) is -2.58. The van der Waals surface area contributed by atoms with Crippen LogP contribution in [0.25, 0.3) is 0 Å². The zero-order valence-corrected chi connectivity index (χ0v) is 13.9. The van der Waals surface area contributed by atoms with Gasteiger partial charge in [0.2, 0.25) is 0 Å². The van der Waals surface area contributed by atoms with Crippen LogP contribution in [0.1, 0.15) is 5.56 Å². The second kappa shape index (κ2) is 7.59. The Morgan fingerprint density at radius 1 is 1.11 bits per heavy atom. The topological polar surface area (TPSA) is 29.5 Å². The van der Waals surface area contributed by atoms with Crippen LogP contribution in [-0.2, 0) is 11.3 Å². The van der Waals surface area contributed by atoms with Crippen LogP contribution in [0.2, 0.25) is 5.82 Å². The summed E-state index contributed by atoms with van der Waals surface area (Å²) >= 11 is 0. The van der Waals surface area contributed by atoms with E-state index in [-0.39, 0.29) is 58.0 Å². The van der Waals surface area contributed by atoms with E-state index in [9.17, 15) is 12.9 Å². The molecule has 1 aliphatic carbocycles. The number of benzene rings is 1. The molecule has 2 rings (SSSR count). The van der Waals surface area contributed by atoms with Gasteiger partial charge in [-0.15, -0.1) is 0 Å². The molecule has 100 valence electrons. The van der Waals surface area contributed by atoms with Gasteiger partial charge in [0.1, 0.15) is 0 Å². The van der Waals surface area contributed by atoms with Crippen LogP contribution in [0.3, 0.4) is 0 Å². The van der Waals surface area contributed by atoms with Crippen molar-refractivity contribution in [2.45, 2.75) is 12.4 Å². The van der Waals surface area contributed by atoms with Gasteiger partial charge >= 0.3 is 58.4 Å². The number of aliphatic hydroxyl groups excluding tert-OH is 1. The molecule has 3 atom stereocenters. The van der Waals surface area contributed by atoms with E-state index in [0.717, 1.165) is 5.56 Å². The molecule has 0 spiro atoms. The predicted molar refractivity (Wildman–Crippen MR) is 63.0 cm³/mol. The molecular weight excluding hydrogens is 283 g/mol. The first-order chi connectivity index (χ1) is 8.54. The molecule has 0 saturated heterocycles. The van der Waals surface area contributed by atoms with Crippen molar-refractivity contribution >= 4 is 6.98 Å². The Kier molecular flexibility index (Phi) is 7.06. The Hall–Kier alpha value is 0.631. The third-order valence-corrected chi connectivity index (χ3v) is 3.47. The Labute approximate surface area is 153 Å². The van der Waals surface area contributed by atoms with Gasteiger partial charge in [-0.3, -0.25) is 0 Å². The SMILES string of the molecule is OC[C@H]1[C@@H](COCc2ccccc2)[C@H]1[B-](F)(F)F.[K+]. The van der Waals surface area contributed by atoms with Gasteiger partial charge in [-0.05, 0) is 17.4 Å². The molecule has 2 nitrogen and oxygen atoms in total. The van der Waals surface area contributed by atoms with E-state index in [1.54, 1.807) is 0 Å². The van der Waals surface area contributed by atoms with E-state index in [0.29, 0.717) is 6.61 Å². The van der Waals surface area contributed by atoms with Crippen LogP contribution < -0.4 is 51.4 Å². The molecule has 1 saturated carbocycles. The van der Waals surface area contributed by atoms with E-state index in [1.807, 2.05) is 30.3 Å². The Bertz CT molecular complexity index is 388. The first-order valence-electron chi connectivity index (χ1n) is 5.96. The second-order valence-corrected chi connectivity index (χ2v) is 4.71. The molecule has 7 heteroatoms. The maximum atomic E-state index is 12.6. The van der Waals surface area contributed by atoms with Gasteiger partial charge in [-0.1, -0.05) is 36.1 Å². The molecule has 0 unspecified atom stereocenters. The zero-order valence-electron chi connectivity index (χ0n) is 10.8. The number of halogens is 3. The molecule has 1 aromatic carbocycles. The molecule has 0 amide bonds. The predicted octanol–water partition coefficient (Wildman–Crippen LogP) is -0.337. The summed E-state index contributed by atoms with van der Waals surface area (Å²) in [5.41, 5.74) is 0.938. The van der Waals surface area contributed by atoms with Gasteiger partial charge in [0, 0.05) is 13.2 Å². The minimum atomic E-state index is -4.86. The average Bonchev–Trinajstić information content (AvgIpc) is 3.04. The van der Waals surface area contributed by atoms with Crippen molar-refractivity contribution in [3.63, 3.8) is 0 Å². The maximum Gasteiger partial charge on any atom is 1.00 e. The summed E-state index contributed by atoms with van der Waals surface area (Å²) in [5, 5.41) is 8.88. The summed E-state index contributed by atoms with van der Waals surface area (Å²) in [4.78, 5) is 0. The van der Waals surface area contributed by atoms with E-state index >= 15 is 0 Å². The van der Waals surface area contributed by atoms with Crippen LogP contribution in [-0.4, -0.2) is 25.3 Å². The van der Waals surface area contributed by atoms with Gasteiger partial charge in [0.15, 0.2) is 0 Å². The molecule has 0 aliphatic heterocycles. The summed E-state index contributed by atoms with van der Waals surface area (Å²) < 4.78 is 43.0. The quantitative estimate of drug-likeness (QED) is 0.728. The van der Waals surface area contributed by atoms with Crippen LogP contribution in [0.4, 0.5) is 12.9 Å². The van der Waals surface area contributed by atoms with Crippen molar-refractivity contribution in [3.8, 4) is 0 Å². The molecule has 0 radical (unpaired) electrons. The minimum absolute atomic E-state index is 0. The van der Waals surface area contributed by atoms with Crippen LogP contribution in [0, 0.1) is 11.8 Å². The van der Waals surface area contributed by atoms with E-state index in [1.165, 1.54) is 0 Å². The van der Waals surface area contributed by atoms with Crippen molar-refractivity contribution in [3.05, 3.63) is 35.9 Å². The maximum absolute atomic E-state index is 12.6. The first kappa shape index (κ1) is 17.7. The third kappa shape index (κ3) is 4.84. The Morgan fingerprint density at radius 2 is 1.74 bits per heavy atom. The molecule has 1 N–H and O–H groups in total. The fourth-order valence-corrected chi connectivity index (χ4v) is 2.41. The van der Waals surface area contributed by atoms with Gasteiger partial charge in [0.25, 0.3) is 0 Å². The molecular formula is C12H15BF3KO2. The van der Waals surface area contributed by atoms with Crippen molar-refractivity contribution in [1.29, 1.82) is 0 Å². The molecule has 0 bridgehead atoms. The molecule has 1 aromatic rings. The zero-order chi connectivity index (χ0) is 13.2. The van der Waals surface area contributed by atoms with E-state index < -0.39 is 31.2 Å². The fraction of sp³-hybridized carbons (Fsp3) is 0.500. The molecule has 0 heterocycles. The van der Waals surface area contributed by atoms with Crippen molar-refractivity contribution in [2.24, 2.45) is 11.8 Å². The van der Waals surface area contributed by atoms with Gasteiger partial charge < -0.3 is 22.8 Å². The number of hydrogen-bond acceptors (Lipinski definition) is 2. The van der Waals surface area contributed by atoms with Crippen molar-refractivity contribution in [2.75, 3.05) is 13.2 Å². The summed E-state index contributed by atoms with van der Waals surface area (Å²) in [6.45, 7) is -4.90. The summed E-state index contributed by atoms with van der Waals surface area (Å²) in [6.07, 6.45) is 0. The first-order valence-corrected chi connectivity index (χ1v) is 5.96. The number of hydrogen-bond donors (Lipinski definition) is 1. The van der Waals surface area contributed by atoms with Crippen molar-refractivity contribution in [1.82, 2.24) is 0 Å². The largest absolute Gasteiger partial charge is 1.00 e. The standard InChI is InChI=1S/C12H15BF3O2.K/c14-13(15,16)12-10(6-17)11(12)8-18-7-9-4-2-1-3-5-9;/h1-5,10-12,17H,6-8H2;/q-1;+1/t10-,11+,12-;/m0./s1. The van der Waals surface area contributed by atoms with Crippen LogP contribution >= 0.6 is 0 Å². The Balaban J connectivity index is 0.00000180. The molecule has 19 heavy (non-hydrogen) atoms. The second-order valence-electron chi connectivity index (χ2n) is 4.71. The monoisotopic (exact) mass is 298 g/mol. The number of aliphatic hydroxyl groups is 1. The van der Waals surface area contributed by atoms with Crippen molar-refractivity contribution < 1.29 is 74.2 Å². The van der Waals surface area contributed by atoms with Gasteiger partial charge in [-0.25, -0.2) is 0 Å². The molecule has 0 aromatic heterocycles. The Morgan fingerprint density at radius 3 is 2.21 bits per heavy atom. The molecule has 1 aliphatic rings. The minimum Gasteiger partial charge on any atom is -0.449 e. The number of rotatable bonds is 6. The van der Waals surface area contributed by atoms with E-state index in [2.05, 4.69) is 0 Å². The van der Waals surface area contributed by atoms with E-state index in [4.69, 9.17) is 9.84 Å².